The first-order chi connectivity index (χ1) is 12.7. The Hall–Kier alpha value is -2.35. The Morgan fingerprint density at radius 3 is 1.85 bits per heavy atom. The minimum Gasteiger partial charge on any atom is -0.423 e. The molecule has 27 heavy (non-hydrogen) atoms. The number of nitrogens with zero attached hydrogens (tertiary/aromatic N) is 1. The molecule has 0 fully saturated rings. The second kappa shape index (κ2) is 9.04. The largest absolute Gasteiger partial charge is 0.488 e. The summed E-state index contributed by atoms with van der Waals surface area (Å²) in [5.41, 5.74) is 2.22. The molecule has 3 rings (SSSR count). The highest BCUT2D eigenvalue weighted by Gasteiger charge is 2.29. The van der Waals surface area contributed by atoms with E-state index in [2.05, 4.69) is 4.98 Å². The van der Waals surface area contributed by atoms with Crippen LogP contribution in [0.25, 0.3) is 11.1 Å². The molecule has 0 unspecified atom stereocenters. The molecule has 0 aliphatic rings. The summed E-state index contributed by atoms with van der Waals surface area (Å²) < 4.78 is 37.1. The van der Waals surface area contributed by atoms with Crippen LogP contribution in [0.5, 0.6) is 0 Å². The second-order valence-electron chi connectivity index (χ2n) is 5.69. The molecule has 0 radical (unpaired) electrons. The molecule has 2 aromatic carbocycles. The van der Waals surface area contributed by atoms with E-state index in [4.69, 9.17) is 21.6 Å². The van der Waals surface area contributed by atoms with Crippen LogP contribution >= 0.6 is 11.6 Å². The maximum Gasteiger partial charge on any atom is 0.488 e. The Morgan fingerprint density at radius 1 is 0.852 bits per heavy atom. The van der Waals surface area contributed by atoms with Gasteiger partial charge >= 0.3 is 13.3 Å². The fourth-order valence-corrected chi connectivity index (χ4v) is 2.25. The maximum atomic E-state index is 12.4. The average molecular weight is 394 g/mol. The van der Waals surface area contributed by atoms with Crippen LogP contribution in [-0.2, 0) is 6.18 Å². The van der Waals surface area contributed by atoms with E-state index in [-0.39, 0.29) is 0 Å². The van der Waals surface area contributed by atoms with E-state index in [0.717, 1.165) is 29.0 Å². The van der Waals surface area contributed by atoms with Gasteiger partial charge in [0.2, 0.25) is 0 Å². The van der Waals surface area contributed by atoms with Gasteiger partial charge in [-0.1, -0.05) is 41.9 Å². The average Bonchev–Trinajstić information content (AvgIpc) is 2.63. The highest BCUT2D eigenvalue weighted by molar-refractivity contribution is 6.58. The number of hydrogen-bond acceptors (Lipinski definition) is 3. The molecule has 0 saturated carbocycles. The number of pyridine rings is 1. The molecular weight excluding hydrogens is 377 g/mol. The van der Waals surface area contributed by atoms with E-state index in [1.165, 1.54) is 12.1 Å². The van der Waals surface area contributed by atoms with Crippen LogP contribution in [0.1, 0.15) is 11.3 Å². The summed E-state index contributed by atoms with van der Waals surface area (Å²) in [6, 6.07) is 15.1. The summed E-state index contributed by atoms with van der Waals surface area (Å²) in [6.45, 7) is 1.86. The molecule has 3 aromatic rings. The number of hydrogen-bond donors (Lipinski definition) is 2. The lowest BCUT2D eigenvalue weighted by Gasteiger charge is -2.07. The molecule has 0 aliphatic carbocycles. The number of aromatic nitrogens is 1. The zero-order valence-electron chi connectivity index (χ0n) is 14.3. The quantitative estimate of drug-likeness (QED) is 0.645. The fraction of sp³-hybridized carbons (Fsp3) is 0.105. The minimum absolute atomic E-state index is 0.449. The van der Waals surface area contributed by atoms with Gasteiger partial charge in [-0.25, -0.2) is 0 Å². The van der Waals surface area contributed by atoms with Gasteiger partial charge in [0.1, 0.15) is 0 Å². The molecule has 140 valence electrons. The maximum absolute atomic E-state index is 12.4. The Kier molecular flexibility index (Phi) is 7.01. The predicted molar refractivity (Wildman–Crippen MR) is 101 cm³/mol. The van der Waals surface area contributed by atoms with Crippen LogP contribution in [0, 0.1) is 6.92 Å². The van der Waals surface area contributed by atoms with Crippen LogP contribution in [-0.4, -0.2) is 22.2 Å². The van der Waals surface area contributed by atoms with Gasteiger partial charge in [-0.3, -0.25) is 4.98 Å². The summed E-state index contributed by atoms with van der Waals surface area (Å²) in [5.74, 6) is 0. The van der Waals surface area contributed by atoms with Crippen molar-refractivity contribution in [3.05, 3.63) is 83.1 Å². The molecular formula is C19H16BClF3NO2. The molecule has 0 bridgehead atoms. The van der Waals surface area contributed by atoms with E-state index in [1.807, 2.05) is 19.1 Å². The number of halogens is 4. The van der Waals surface area contributed by atoms with Crippen molar-refractivity contribution >= 4 is 24.2 Å². The van der Waals surface area contributed by atoms with Gasteiger partial charge < -0.3 is 10.0 Å². The van der Waals surface area contributed by atoms with Crippen LogP contribution in [0.2, 0.25) is 5.02 Å². The van der Waals surface area contributed by atoms with Crippen LogP contribution < -0.4 is 5.46 Å². The molecule has 2 N–H and O–H groups in total. The summed E-state index contributed by atoms with van der Waals surface area (Å²) in [7, 11) is -1.41. The van der Waals surface area contributed by atoms with Gasteiger partial charge in [-0.2, -0.15) is 13.2 Å². The first kappa shape index (κ1) is 21.0. The molecule has 0 saturated heterocycles. The molecule has 0 aliphatic heterocycles. The third-order valence-corrected chi connectivity index (χ3v) is 3.88. The molecule has 0 spiro atoms. The van der Waals surface area contributed by atoms with Crippen molar-refractivity contribution in [1.82, 2.24) is 4.98 Å². The number of benzene rings is 2. The molecule has 1 heterocycles. The van der Waals surface area contributed by atoms with Crippen molar-refractivity contribution in [2.75, 3.05) is 0 Å². The van der Waals surface area contributed by atoms with E-state index >= 15 is 0 Å². The first-order valence-corrected chi connectivity index (χ1v) is 8.26. The zero-order chi connectivity index (χ0) is 20.0. The third kappa shape index (κ3) is 6.39. The lowest BCUT2D eigenvalue weighted by molar-refractivity contribution is -0.137. The molecule has 8 heteroatoms. The van der Waals surface area contributed by atoms with Crippen LogP contribution in [0.15, 0.2) is 66.9 Å². The lowest BCUT2D eigenvalue weighted by atomic mass is 9.81. The molecule has 1 aromatic heterocycles. The van der Waals surface area contributed by atoms with E-state index in [1.54, 1.807) is 30.5 Å². The summed E-state index contributed by atoms with van der Waals surface area (Å²) >= 11 is 5.55. The predicted octanol–water partition coefficient (Wildman–Crippen LogP) is 4.10. The smallest absolute Gasteiger partial charge is 0.423 e. The number of alkyl halides is 3. The Bertz CT molecular complexity index is 852. The monoisotopic (exact) mass is 393 g/mol. The van der Waals surface area contributed by atoms with Crippen molar-refractivity contribution in [2.24, 2.45) is 0 Å². The summed E-state index contributed by atoms with van der Waals surface area (Å²) in [6.07, 6.45) is -2.64. The molecule has 0 amide bonds. The van der Waals surface area contributed by atoms with E-state index in [9.17, 15) is 13.2 Å². The van der Waals surface area contributed by atoms with Crippen molar-refractivity contribution in [1.29, 1.82) is 0 Å². The minimum atomic E-state index is -4.29. The first-order valence-electron chi connectivity index (χ1n) is 7.88. The van der Waals surface area contributed by atoms with Crippen LogP contribution in [0.3, 0.4) is 0 Å². The highest BCUT2D eigenvalue weighted by atomic mass is 35.5. The van der Waals surface area contributed by atoms with Gasteiger partial charge in [0.25, 0.3) is 0 Å². The number of aryl methyl sites for hydroxylation is 1. The normalized spacial score (nSPS) is 10.8. The van der Waals surface area contributed by atoms with Gasteiger partial charge in [-0.05, 0) is 48.3 Å². The second-order valence-corrected chi connectivity index (χ2v) is 6.13. The summed E-state index contributed by atoms with van der Waals surface area (Å²) in [4.78, 5) is 4.10. The standard InChI is InChI=1S/C13H10F3N.C6H6BClO2/c1-9-2-3-11(8-17-9)10-4-6-12(7-5-10)13(14,15)16;8-6-3-1-5(2-4-6)7(9)10/h2-8H,1H3;1-4,9-10H. The Balaban J connectivity index is 0.000000223. The molecule has 0 atom stereocenters. The van der Waals surface area contributed by atoms with Crippen molar-refractivity contribution in [3.8, 4) is 11.1 Å². The fourth-order valence-electron chi connectivity index (χ4n) is 2.13. The van der Waals surface area contributed by atoms with Gasteiger partial charge in [0.15, 0.2) is 0 Å². The Morgan fingerprint density at radius 2 is 1.41 bits per heavy atom. The van der Waals surface area contributed by atoms with Crippen molar-refractivity contribution in [3.63, 3.8) is 0 Å². The lowest BCUT2D eigenvalue weighted by Crippen LogP contribution is -2.29. The molecule has 3 nitrogen and oxygen atoms in total. The topological polar surface area (TPSA) is 53.4 Å². The van der Waals surface area contributed by atoms with Gasteiger partial charge in [0.05, 0.1) is 5.56 Å². The summed E-state index contributed by atoms with van der Waals surface area (Å²) in [5, 5.41) is 17.8. The SMILES string of the molecule is Cc1ccc(-c2ccc(C(F)(F)F)cc2)cn1.OB(O)c1ccc(Cl)cc1. The van der Waals surface area contributed by atoms with Crippen molar-refractivity contribution < 1.29 is 23.2 Å². The van der Waals surface area contributed by atoms with E-state index in [0.29, 0.717) is 10.5 Å². The third-order valence-electron chi connectivity index (χ3n) is 3.63. The van der Waals surface area contributed by atoms with Crippen LogP contribution in [0.4, 0.5) is 13.2 Å². The highest BCUT2D eigenvalue weighted by Crippen LogP contribution is 2.30. The van der Waals surface area contributed by atoms with E-state index < -0.39 is 18.9 Å². The Labute approximate surface area is 160 Å². The van der Waals surface area contributed by atoms with Gasteiger partial charge in [-0.15, -0.1) is 0 Å². The van der Waals surface area contributed by atoms with Gasteiger partial charge in [0, 0.05) is 22.5 Å². The number of rotatable bonds is 2. The zero-order valence-corrected chi connectivity index (χ0v) is 15.0. The van der Waals surface area contributed by atoms with Crippen molar-refractivity contribution in [2.45, 2.75) is 13.1 Å².